The summed E-state index contributed by atoms with van der Waals surface area (Å²) in [5.74, 6) is -0.736. The molecule has 2 aromatic rings. The van der Waals surface area contributed by atoms with Crippen molar-refractivity contribution in [3.8, 4) is 0 Å². The SMILES string of the molecule is CC(=O)NCCN[C@H](C(=O)Nc1ccc(F)cc1)c1ccccc1. The van der Waals surface area contributed by atoms with Crippen LogP contribution in [0.1, 0.15) is 18.5 Å². The van der Waals surface area contributed by atoms with Crippen molar-refractivity contribution in [1.29, 1.82) is 0 Å². The Kier molecular flexibility index (Phi) is 6.45. The number of hydrogen-bond acceptors (Lipinski definition) is 3. The topological polar surface area (TPSA) is 70.2 Å². The Morgan fingerprint density at radius 3 is 2.29 bits per heavy atom. The normalized spacial score (nSPS) is 11.6. The molecule has 6 heteroatoms. The Morgan fingerprint density at radius 1 is 1.00 bits per heavy atom. The van der Waals surface area contributed by atoms with Crippen molar-refractivity contribution in [3.63, 3.8) is 0 Å². The molecule has 2 amide bonds. The number of halogens is 1. The minimum atomic E-state index is -0.579. The molecule has 0 aromatic heterocycles. The van der Waals surface area contributed by atoms with Crippen LogP contribution in [-0.2, 0) is 9.59 Å². The second-order valence-electron chi connectivity index (χ2n) is 5.28. The van der Waals surface area contributed by atoms with Crippen molar-refractivity contribution in [3.05, 3.63) is 66.0 Å². The number of benzene rings is 2. The Hall–Kier alpha value is -2.73. The highest BCUT2D eigenvalue weighted by Crippen LogP contribution is 2.16. The minimum Gasteiger partial charge on any atom is -0.355 e. The summed E-state index contributed by atoms with van der Waals surface area (Å²) < 4.78 is 13.0. The van der Waals surface area contributed by atoms with E-state index in [2.05, 4.69) is 16.0 Å². The van der Waals surface area contributed by atoms with E-state index in [4.69, 9.17) is 0 Å². The Labute approximate surface area is 140 Å². The summed E-state index contributed by atoms with van der Waals surface area (Å²) in [5.41, 5.74) is 1.32. The van der Waals surface area contributed by atoms with Gasteiger partial charge in [-0.1, -0.05) is 30.3 Å². The van der Waals surface area contributed by atoms with Gasteiger partial charge in [0.1, 0.15) is 11.9 Å². The third kappa shape index (κ3) is 5.48. The van der Waals surface area contributed by atoms with Crippen LogP contribution in [0.25, 0.3) is 0 Å². The maximum absolute atomic E-state index is 13.0. The molecule has 24 heavy (non-hydrogen) atoms. The van der Waals surface area contributed by atoms with E-state index in [0.29, 0.717) is 18.8 Å². The fraction of sp³-hybridized carbons (Fsp3) is 0.222. The lowest BCUT2D eigenvalue weighted by molar-refractivity contribution is -0.119. The first-order valence-electron chi connectivity index (χ1n) is 7.65. The van der Waals surface area contributed by atoms with Gasteiger partial charge >= 0.3 is 0 Å². The molecule has 0 fully saturated rings. The van der Waals surface area contributed by atoms with Gasteiger partial charge in [0, 0.05) is 25.7 Å². The summed E-state index contributed by atoms with van der Waals surface area (Å²) in [5, 5.41) is 8.56. The van der Waals surface area contributed by atoms with Crippen LogP contribution in [0.5, 0.6) is 0 Å². The second-order valence-corrected chi connectivity index (χ2v) is 5.28. The lowest BCUT2D eigenvalue weighted by Gasteiger charge is -2.19. The van der Waals surface area contributed by atoms with E-state index in [-0.39, 0.29) is 17.6 Å². The molecule has 0 aliphatic rings. The lowest BCUT2D eigenvalue weighted by Crippen LogP contribution is -2.37. The molecule has 0 spiro atoms. The predicted molar refractivity (Wildman–Crippen MR) is 90.9 cm³/mol. The van der Waals surface area contributed by atoms with Crippen LogP contribution in [0.3, 0.4) is 0 Å². The molecular formula is C18H20FN3O2. The molecule has 0 aliphatic heterocycles. The maximum atomic E-state index is 13.0. The highest BCUT2D eigenvalue weighted by Gasteiger charge is 2.19. The number of rotatable bonds is 7. The molecule has 0 saturated heterocycles. The third-order valence-electron chi connectivity index (χ3n) is 3.35. The predicted octanol–water partition coefficient (Wildman–Crippen LogP) is 2.23. The zero-order valence-corrected chi connectivity index (χ0v) is 13.4. The van der Waals surface area contributed by atoms with Crippen LogP contribution in [-0.4, -0.2) is 24.9 Å². The monoisotopic (exact) mass is 329 g/mol. The molecule has 1 atom stereocenters. The van der Waals surface area contributed by atoms with Crippen molar-refractivity contribution in [2.45, 2.75) is 13.0 Å². The molecule has 3 N–H and O–H groups in total. The summed E-state index contributed by atoms with van der Waals surface area (Å²) >= 11 is 0. The average molecular weight is 329 g/mol. The van der Waals surface area contributed by atoms with Crippen LogP contribution in [0.15, 0.2) is 54.6 Å². The zero-order chi connectivity index (χ0) is 17.4. The first kappa shape index (κ1) is 17.6. The smallest absolute Gasteiger partial charge is 0.246 e. The number of nitrogens with one attached hydrogen (secondary N) is 3. The van der Waals surface area contributed by atoms with Gasteiger partial charge in [0.25, 0.3) is 0 Å². The van der Waals surface area contributed by atoms with Crippen LogP contribution in [0, 0.1) is 5.82 Å². The molecule has 0 radical (unpaired) electrons. The Morgan fingerprint density at radius 2 is 1.67 bits per heavy atom. The minimum absolute atomic E-state index is 0.121. The van der Waals surface area contributed by atoms with Crippen molar-refractivity contribution in [2.75, 3.05) is 18.4 Å². The van der Waals surface area contributed by atoms with Crippen LogP contribution in [0.4, 0.5) is 10.1 Å². The van der Waals surface area contributed by atoms with E-state index in [1.165, 1.54) is 31.2 Å². The van der Waals surface area contributed by atoms with Gasteiger partial charge in [0.2, 0.25) is 11.8 Å². The van der Waals surface area contributed by atoms with E-state index in [0.717, 1.165) is 5.56 Å². The highest BCUT2D eigenvalue weighted by atomic mass is 19.1. The molecule has 0 saturated carbocycles. The average Bonchev–Trinajstić information content (AvgIpc) is 2.57. The number of hydrogen-bond donors (Lipinski definition) is 3. The van der Waals surface area contributed by atoms with Gasteiger partial charge in [0.05, 0.1) is 0 Å². The molecule has 2 rings (SSSR count). The summed E-state index contributed by atoms with van der Waals surface area (Å²) in [4.78, 5) is 23.5. The zero-order valence-electron chi connectivity index (χ0n) is 13.4. The van der Waals surface area contributed by atoms with E-state index in [9.17, 15) is 14.0 Å². The van der Waals surface area contributed by atoms with Gasteiger partial charge in [-0.3, -0.25) is 9.59 Å². The third-order valence-corrected chi connectivity index (χ3v) is 3.35. The van der Waals surface area contributed by atoms with Gasteiger partial charge < -0.3 is 16.0 Å². The van der Waals surface area contributed by atoms with Gasteiger partial charge in [-0.15, -0.1) is 0 Å². The fourth-order valence-electron chi connectivity index (χ4n) is 2.21. The summed E-state index contributed by atoms with van der Waals surface area (Å²) in [6.45, 7) is 2.30. The molecule has 126 valence electrons. The van der Waals surface area contributed by atoms with E-state index in [1.54, 1.807) is 0 Å². The molecular weight excluding hydrogens is 309 g/mol. The summed E-state index contributed by atoms with van der Waals surface area (Å²) in [7, 11) is 0. The van der Waals surface area contributed by atoms with E-state index >= 15 is 0 Å². The maximum Gasteiger partial charge on any atom is 0.246 e. The van der Waals surface area contributed by atoms with Gasteiger partial charge in [-0.25, -0.2) is 4.39 Å². The van der Waals surface area contributed by atoms with Crippen molar-refractivity contribution >= 4 is 17.5 Å². The molecule has 0 unspecified atom stereocenters. The van der Waals surface area contributed by atoms with Gasteiger partial charge in [0.15, 0.2) is 0 Å². The number of amides is 2. The van der Waals surface area contributed by atoms with Crippen LogP contribution in [0.2, 0.25) is 0 Å². The highest BCUT2D eigenvalue weighted by molar-refractivity contribution is 5.95. The van der Waals surface area contributed by atoms with E-state index in [1.807, 2.05) is 30.3 Å². The first-order valence-corrected chi connectivity index (χ1v) is 7.65. The molecule has 0 bridgehead atoms. The van der Waals surface area contributed by atoms with Crippen molar-refractivity contribution in [2.24, 2.45) is 0 Å². The lowest BCUT2D eigenvalue weighted by atomic mass is 10.1. The summed E-state index contributed by atoms with van der Waals surface area (Å²) in [6.07, 6.45) is 0. The van der Waals surface area contributed by atoms with E-state index < -0.39 is 6.04 Å². The Bertz CT molecular complexity index is 674. The molecule has 0 heterocycles. The van der Waals surface area contributed by atoms with Gasteiger partial charge in [-0.05, 0) is 29.8 Å². The standard InChI is InChI=1S/C18H20FN3O2/c1-13(23)20-11-12-21-17(14-5-3-2-4-6-14)18(24)22-16-9-7-15(19)8-10-16/h2-10,17,21H,11-12H2,1H3,(H,20,23)(H,22,24)/t17-/m0/s1. The molecule has 0 aliphatic carbocycles. The first-order chi connectivity index (χ1) is 11.6. The molecule has 2 aromatic carbocycles. The largest absolute Gasteiger partial charge is 0.355 e. The molecule has 5 nitrogen and oxygen atoms in total. The van der Waals surface area contributed by atoms with Gasteiger partial charge in [-0.2, -0.15) is 0 Å². The fourth-order valence-corrected chi connectivity index (χ4v) is 2.21. The Balaban J connectivity index is 2.05. The quantitative estimate of drug-likeness (QED) is 0.682. The summed E-state index contributed by atoms with van der Waals surface area (Å²) in [6, 6.07) is 14.3. The number of carbonyl (C=O) groups is 2. The number of carbonyl (C=O) groups excluding carboxylic acids is 2. The second kappa shape index (κ2) is 8.79. The van der Waals surface area contributed by atoms with Crippen molar-refractivity contribution in [1.82, 2.24) is 10.6 Å². The van der Waals surface area contributed by atoms with Crippen LogP contribution < -0.4 is 16.0 Å². The van der Waals surface area contributed by atoms with Crippen molar-refractivity contribution < 1.29 is 14.0 Å². The number of anilines is 1. The van der Waals surface area contributed by atoms with Crippen LogP contribution >= 0.6 is 0 Å².